The second-order valence-electron chi connectivity index (χ2n) is 5.10. The first-order chi connectivity index (χ1) is 10.0. The van der Waals surface area contributed by atoms with Gasteiger partial charge in [-0.25, -0.2) is 4.79 Å². The third-order valence-corrected chi connectivity index (χ3v) is 3.24. The minimum Gasteiger partial charge on any atom is -0.497 e. The molecule has 1 N–H and O–H groups in total. The molecule has 0 saturated carbocycles. The van der Waals surface area contributed by atoms with Gasteiger partial charge in [0.15, 0.2) is 0 Å². The second kappa shape index (κ2) is 6.31. The van der Waals surface area contributed by atoms with Gasteiger partial charge < -0.3 is 15.0 Å². The fourth-order valence-electron chi connectivity index (χ4n) is 1.97. The van der Waals surface area contributed by atoms with Crippen molar-refractivity contribution in [2.75, 3.05) is 26.5 Å². The predicted molar refractivity (Wildman–Crippen MR) is 85.9 cm³/mol. The fraction of sp³-hybridized carbons (Fsp3) is 0.235. The van der Waals surface area contributed by atoms with Gasteiger partial charge in [0.25, 0.3) is 0 Å². The summed E-state index contributed by atoms with van der Waals surface area (Å²) in [5.74, 6) is 0.708. The van der Waals surface area contributed by atoms with Crippen LogP contribution in [0.4, 0.5) is 10.5 Å². The number of amides is 2. The topological polar surface area (TPSA) is 41.6 Å². The van der Waals surface area contributed by atoms with E-state index in [1.165, 1.54) is 10.5 Å². The molecule has 2 rings (SSSR count). The molecule has 0 saturated heterocycles. The Hall–Kier alpha value is -2.49. The smallest absolute Gasteiger partial charge is 0.321 e. The maximum atomic E-state index is 11.9. The Morgan fingerprint density at radius 1 is 1.10 bits per heavy atom. The molecule has 0 aromatic heterocycles. The average Bonchev–Trinajstić information content (AvgIpc) is 2.48. The van der Waals surface area contributed by atoms with Crippen molar-refractivity contribution < 1.29 is 9.53 Å². The molecular formula is C17H20N2O2. The lowest BCUT2D eigenvalue weighted by atomic mass is 10.0. The summed E-state index contributed by atoms with van der Waals surface area (Å²) in [6.45, 7) is 2.05. The summed E-state index contributed by atoms with van der Waals surface area (Å²) in [6.07, 6.45) is 0. The van der Waals surface area contributed by atoms with Crippen molar-refractivity contribution in [3.05, 3.63) is 48.0 Å². The molecule has 2 amide bonds. The molecule has 0 aliphatic heterocycles. The van der Waals surface area contributed by atoms with Crippen LogP contribution >= 0.6 is 0 Å². The van der Waals surface area contributed by atoms with Crippen LogP contribution in [0.5, 0.6) is 5.75 Å². The number of nitrogens with zero attached hydrogens (tertiary/aromatic N) is 1. The van der Waals surface area contributed by atoms with E-state index in [0.29, 0.717) is 5.75 Å². The summed E-state index contributed by atoms with van der Waals surface area (Å²) >= 11 is 0. The van der Waals surface area contributed by atoms with Crippen molar-refractivity contribution in [1.82, 2.24) is 4.90 Å². The summed E-state index contributed by atoms with van der Waals surface area (Å²) in [5.41, 5.74) is 3.95. The Morgan fingerprint density at radius 2 is 1.76 bits per heavy atom. The van der Waals surface area contributed by atoms with Crippen LogP contribution in [0.3, 0.4) is 0 Å². The van der Waals surface area contributed by atoms with Crippen LogP contribution in [0.2, 0.25) is 0 Å². The van der Waals surface area contributed by atoms with Gasteiger partial charge in [-0.15, -0.1) is 0 Å². The molecule has 0 heterocycles. The number of benzene rings is 2. The maximum absolute atomic E-state index is 11.9. The normalized spacial score (nSPS) is 10.1. The molecule has 110 valence electrons. The highest BCUT2D eigenvalue weighted by atomic mass is 16.5. The number of hydrogen-bond donors (Lipinski definition) is 1. The van der Waals surface area contributed by atoms with Crippen LogP contribution in [-0.2, 0) is 0 Å². The van der Waals surface area contributed by atoms with E-state index in [1.807, 2.05) is 37.3 Å². The lowest BCUT2D eigenvalue weighted by Crippen LogP contribution is -2.27. The molecule has 0 spiro atoms. The van der Waals surface area contributed by atoms with Crippen molar-refractivity contribution in [3.8, 4) is 16.9 Å². The molecule has 0 fully saturated rings. The molecule has 0 bridgehead atoms. The van der Waals surface area contributed by atoms with Gasteiger partial charge in [0.2, 0.25) is 0 Å². The van der Waals surface area contributed by atoms with E-state index in [4.69, 9.17) is 4.74 Å². The third-order valence-electron chi connectivity index (χ3n) is 3.24. The third kappa shape index (κ3) is 3.54. The summed E-state index contributed by atoms with van der Waals surface area (Å²) in [7, 11) is 5.03. The van der Waals surface area contributed by atoms with E-state index in [9.17, 15) is 4.79 Å². The van der Waals surface area contributed by atoms with Crippen LogP contribution in [0.15, 0.2) is 42.5 Å². The van der Waals surface area contributed by atoms with Gasteiger partial charge in [0, 0.05) is 25.7 Å². The number of carbonyl (C=O) groups excluding carboxylic acids is 1. The first-order valence-electron chi connectivity index (χ1n) is 6.74. The fourth-order valence-corrected chi connectivity index (χ4v) is 1.97. The molecule has 0 aliphatic rings. The Morgan fingerprint density at radius 3 is 2.33 bits per heavy atom. The molecule has 0 unspecified atom stereocenters. The highest BCUT2D eigenvalue weighted by Gasteiger charge is 2.11. The SMILES string of the molecule is COc1ccc(-c2ccc(C)cc2)c(NC(=O)N(C)C)c1. The molecule has 21 heavy (non-hydrogen) atoms. The molecule has 0 radical (unpaired) electrons. The highest BCUT2D eigenvalue weighted by molar-refractivity contribution is 5.94. The Labute approximate surface area is 125 Å². The second-order valence-corrected chi connectivity index (χ2v) is 5.10. The van der Waals surface area contributed by atoms with E-state index in [-0.39, 0.29) is 6.03 Å². The van der Waals surface area contributed by atoms with Crippen LogP contribution in [0, 0.1) is 6.92 Å². The largest absolute Gasteiger partial charge is 0.497 e. The number of nitrogens with one attached hydrogen (secondary N) is 1. The lowest BCUT2D eigenvalue weighted by Gasteiger charge is -2.16. The quantitative estimate of drug-likeness (QED) is 0.932. The first kappa shape index (κ1) is 14.9. The Bertz CT molecular complexity index is 634. The van der Waals surface area contributed by atoms with Gasteiger partial charge in [-0.1, -0.05) is 29.8 Å². The number of ether oxygens (including phenoxy) is 1. The van der Waals surface area contributed by atoms with E-state index in [2.05, 4.69) is 17.4 Å². The number of urea groups is 1. The zero-order chi connectivity index (χ0) is 15.4. The van der Waals surface area contributed by atoms with Crippen molar-refractivity contribution in [1.29, 1.82) is 0 Å². The van der Waals surface area contributed by atoms with Crippen molar-refractivity contribution in [3.63, 3.8) is 0 Å². The summed E-state index contributed by atoms with van der Waals surface area (Å²) in [5, 5.41) is 2.90. The van der Waals surface area contributed by atoms with Gasteiger partial charge >= 0.3 is 6.03 Å². The molecule has 0 atom stereocenters. The van der Waals surface area contributed by atoms with Gasteiger partial charge in [0.1, 0.15) is 5.75 Å². The molecule has 2 aromatic carbocycles. The number of aryl methyl sites for hydroxylation is 1. The minimum atomic E-state index is -0.170. The lowest BCUT2D eigenvalue weighted by molar-refractivity contribution is 0.230. The number of hydrogen-bond acceptors (Lipinski definition) is 2. The van der Waals surface area contributed by atoms with Gasteiger partial charge in [-0.2, -0.15) is 0 Å². The molecule has 2 aromatic rings. The number of rotatable bonds is 3. The number of anilines is 1. The van der Waals surface area contributed by atoms with E-state index in [0.717, 1.165) is 16.8 Å². The van der Waals surface area contributed by atoms with Crippen molar-refractivity contribution in [2.45, 2.75) is 6.92 Å². The zero-order valence-electron chi connectivity index (χ0n) is 12.8. The Kier molecular flexibility index (Phi) is 4.48. The minimum absolute atomic E-state index is 0.170. The van der Waals surface area contributed by atoms with Crippen LogP contribution in [-0.4, -0.2) is 32.1 Å². The highest BCUT2D eigenvalue weighted by Crippen LogP contribution is 2.31. The predicted octanol–water partition coefficient (Wildman–Crippen LogP) is 3.76. The monoisotopic (exact) mass is 284 g/mol. The van der Waals surface area contributed by atoms with Crippen LogP contribution in [0.25, 0.3) is 11.1 Å². The maximum Gasteiger partial charge on any atom is 0.321 e. The first-order valence-corrected chi connectivity index (χ1v) is 6.74. The standard InChI is InChI=1S/C17H20N2O2/c1-12-5-7-13(8-6-12)15-10-9-14(21-4)11-16(15)18-17(20)19(2)3/h5-11H,1-4H3,(H,18,20). The molecule has 4 heteroatoms. The molecular weight excluding hydrogens is 264 g/mol. The van der Waals surface area contributed by atoms with Crippen LogP contribution in [0.1, 0.15) is 5.56 Å². The molecule has 4 nitrogen and oxygen atoms in total. The van der Waals surface area contributed by atoms with Gasteiger partial charge in [-0.05, 0) is 24.6 Å². The van der Waals surface area contributed by atoms with Crippen LogP contribution < -0.4 is 10.1 Å². The molecule has 0 aliphatic carbocycles. The van der Waals surface area contributed by atoms with Crippen molar-refractivity contribution >= 4 is 11.7 Å². The van der Waals surface area contributed by atoms with E-state index < -0.39 is 0 Å². The summed E-state index contributed by atoms with van der Waals surface area (Å²) < 4.78 is 5.24. The van der Waals surface area contributed by atoms with E-state index in [1.54, 1.807) is 21.2 Å². The number of carbonyl (C=O) groups is 1. The summed E-state index contributed by atoms with van der Waals surface area (Å²) in [6, 6.07) is 13.7. The van der Waals surface area contributed by atoms with Gasteiger partial charge in [0.05, 0.1) is 12.8 Å². The Balaban J connectivity index is 2.44. The van der Waals surface area contributed by atoms with Crippen molar-refractivity contribution in [2.24, 2.45) is 0 Å². The summed E-state index contributed by atoms with van der Waals surface area (Å²) in [4.78, 5) is 13.4. The number of methoxy groups -OCH3 is 1. The zero-order valence-corrected chi connectivity index (χ0v) is 12.8. The van der Waals surface area contributed by atoms with Gasteiger partial charge in [-0.3, -0.25) is 0 Å². The van der Waals surface area contributed by atoms with E-state index >= 15 is 0 Å². The average molecular weight is 284 g/mol.